The van der Waals surface area contributed by atoms with Crippen LogP contribution < -0.4 is 9.47 Å². The molecule has 2 aromatic carbocycles. The maximum absolute atomic E-state index is 10.1. The summed E-state index contributed by atoms with van der Waals surface area (Å²) in [7, 11) is 0. The first-order valence-corrected chi connectivity index (χ1v) is 10.5. The van der Waals surface area contributed by atoms with Gasteiger partial charge >= 0.3 is 0 Å². The molecule has 2 atom stereocenters. The van der Waals surface area contributed by atoms with Gasteiger partial charge in [-0.1, -0.05) is 6.42 Å². The molecule has 3 aromatic rings. The van der Waals surface area contributed by atoms with Crippen LogP contribution in [-0.2, 0) is 12.8 Å². The van der Waals surface area contributed by atoms with E-state index in [1.165, 1.54) is 35.8 Å². The summed E-state index contributed by atoms with van der Waals surface area (Å²) in [5.74, 6) is 3.33. The zero-order valence-corrected chi connectivity index (χ0v) is 16.6. The molecule has 0 amide bonds. The Morgan fingerprint density at radius 2 is 1.54 bits per heavy atom. The fourth-order valence-corrected chi connectivity index (χ4v) is 5.40. The summed E-state index contributed by atoms with van der Waals surface area (Å²) in [5.41, 5.74) is 3.84. The molecule has 0 spiro atoms. The van der Waals surface area contributed by atoms with Crippen LogP contribution >= 0.6 is 0 Å². The van der Waals surface area contributed by atoms with Crippen molar-refractivity contribution in [3.05, 3.63) is 35.5 Å². The number of ether oxygens (including phenoxy) is 2. The van der Waals surface area contributed by atoms with Gasteiger partial charge < -0.3 is 14.6 Å². The standard InChI is InChI=1S/C24H27NO3/c1-3-27-22-11-18-17-8-14-6-5-7-15(14)9-20(17)24-21(10-16(26)13-25-24)19(18)12-23(22)28-4-2/h10-15,26H,3-9H2,1-2H3. The highest BCUT2D eigenvalue weighted by molar-refractivity contribution is 6.11. The molecule has 1 aromatic heterocycles. The predicted molar refractivity (Wildman–Crippen MR) is 111 cm³/mol. The maximum atomic E-state index is 10.1. The van der Waals surface area contributed by atoms with Crippen molar-refractivity contribution < 1.29 is 14.6 Å². The Kier molecular flexibility index (Phi) is 4.30. The highest BCUT2D eigenvalue weighted by Gasteiger charge is 2.34. The molecule has 0 aliphatic heterocycles. The SMILES string of the molecule is CCOc1cc2c3c(c4ncc(O)cc4c2cc1OCC)CC1CCCC1C3. The van der Waals surface area contributed by atoms with Gasteiger partial charge in [-0.2, -0.15) is 0 Å². The second kappa shape index (κ2) is 6.84. The number of pyridine rings is 1. The highest BCUT2D eigenvalue weighted by Crippen LogP contribution is 2.47. The molecule has 0 bridgehead atoms. The third-order valence-corrected chi connectivity index (χ3v) is 6.57. The molecular weight excluding hydrogens is 350 g/mol. The number of hydrogen-bond donors (Lipinski definition) is 1. The minimum atomic E-state index is 0.204. The minimum absolute atomic E-state index is 0.204. The van der Waals surface area contributed by atoms with Crippen LogP contribution in [0.4, 0.5) is 0 Å². The molecular formula is C24H27NO3. The summed E-state index contributed by atoms with van der Waals surface area (Å²) in [6.45, 7) is 5.18. The molecule has 5 rings (SSSR count). The second-order valence-electron chi connectivity index (χ2n) is 8.12. The molecule has 2 aliphatic carbocycles. The number of fused-ring (bicyclic) bond motifs is 7. The average molecular weight is 377 g/mol. The zero-order chi connectivity index (χ0) is 19.3. The van der Waals surface area contributed by atoms with Gasteiger partial charge in [-0.3, -0.25) is 4.98 Å². The van der Waals surface area contributed by atoms with Gasteiger partial charge in [-0.05, 0) is 91.5 Å². The van der Waals surface area contributed by atoms with Crippen LogP contribution in [0.2, 0.25) is 0 Å². The summed E-state index contributed by atoms with van der Waals surface area (Å²) < 4.78 is 11.8. The minimum Gasteiger partial charge on any atom is -0.506 e. The first kappa shape index (κ1) is 17.6. The molecule has 4 heteroatoms. The summed E-state index contributed by atoms with van der Waals surface area (Å²) in [4.78, 5) is 4.67. The van der Waals surface area contributed by atoms with E-state index < -0.39 is 0 Å². The Bertz CT molecular complexity index is 1060. The topological polar surface area (TPSA) is 51.6 Å². The molecule has 2 unspecified atom stereocenters. The van der Waals surface area contributed by atoms with E-state index in [0.29, 0.717) is 13.2 Å². The van der Waals surface area contributed by atoms with Gasteiger partial charge in [-0.25, -0.2) is 0 Å². The van der Waals surface area contributed by atoms with Crippen molar-refractivity contribution in [2.75, 3.05) is 13.2 Å². The van der Waals surface area contributed by atoms with Gasteiger partial charge in [0.2, 0.25) is 0 Å². The molecule has 4 nitrogen and oxygen atoms in total. The van der Waals surface area contributed by atoms with Gasteiger partial charge in [-0.15, -0.1) is 0 Å². The summed E-state index contributed by atoms with van der Waals surface area (Å²) in [5, 5.41) is 13.5. The van der Waals surface area contributed by atoms with Crippen molar-refractivity contribution in [3.63, 3.8) is 0 Å². The fraction of sp³-hybridized carbons (Fsp3) is 0.458. The van der Waals surface area contributed by atoms with Gasteiger partial charge in [0.15, 0.2) is 11.5 Å². The second-order valence-corrected chi connectivity index (χ2v) is 8.12. The van der Waals surface area contributed by atoms with Crippen LogP contribution in [0.5, 0.6) is 17.2 Å². The van der Waals surface area contributed by atoms with Crippen LogP contribution in [0.25, 0.3) is 21.7 Å². The molecule has 1 heterocycles. The van der Waals surface area contributed by atoms with E-state index in [4.69, 9.17) is 9.47 Å². The van der Waals surface area contributed by atoms with Gasteiger partial charge in [0, 0.05) is 5.39 Å². The summed E-state index contributed by atoms with van der Waals surface area (Å²) >= 11 is 0. The summed E-state index contributed by atoms with van der Waals surface area (Å²) in [6, 6.07) is 6.08. The van der Waals surface area contributed by atoms with Crippen LogP contribution in [0.1, 0.15) is 44.2 Å². The van der Waals surface area contributed by atoms with E-state index in [9.17, 15) is 5.11 Å². The van der Waals surface area contributed by atoms with E-state index in [-0.39, 0.29) is 5.75 Å². The number of rotatable bonds is 4. The zero-order valence-electron chi connectivity index (χ0n) is 16.6. The smallest absolute Gasteiger partial charge is 0.161 e. The molecule has 2 aliphatic rings. The number of benzene rings is 2. The third-order valence-electron chi connectivity index (χ3n) is 6.57. The molecule has 1 N–H and O–H groups in total. The van der Waals surface area contributed by atoms with Crippen LogP contribution in [0.3, 0.4) is 0 Å². The molecule has 28 heavy (non-hydrogen) atoms. The van der Waals surface area contributed by atoms with Gasteiger partial charge in [0.05, 0.1) is 24.9 Å². The van der Waals surface area contributed by atoms with E-state index in [1.54, 1.807) is 6.20 Å². The molecule has 146 valence electrons. The Balaban J connectivity index is 1.84. The number of hydrogen-bond acceptors (Lipinski definition) is 4. The largest absolute Gasteiger partial charge is 0.506 e. The highest BCUT2D eigenvalue weighted by atomic mass is 16.5. The molecule has 1 fully saturated rings. The van der Waals surface area contributed by atoms with Crippen molar-refractivity contribution in [2.24, 2.45) is 11.8 Å². The quantitative estimate of drug-likeness (QED) is 0.618. The van der Waals surface area contributed by atoms with Crippen molar-refractivity contribution >= 4 is 21.7 Å². The number of nitrogens with zero attached hydrogens (tertiary/aromatic N) is 1. The van der Waals surface area contributed by atoms with Crippen molar-refractivity contribution in [1.82, 2.24) is 4.98 Å². The molecule has 0 radical (unpaired) electrons. The Hall–Kier alpha value is -2.49. The Morgan fingerprint density at radius 1 is 0.893 bits per heavy atom. The molecule has 0 saturated heterocycles. The normalized spacial score (nSPS) is 20.9. The number of aromatic nitrogens is 1. The lowest BCUT2D eigenvalue weighted by molar-refractivity contribution is 0.288. The third kappa shape index (κ3) is 2.69. The van der Waals surface area contributed by atoms with Crippen molar-refractivity contribution in [2.45, 2.75) is 46.0 Å². The van der Waals surface area contributed by atoms with Crippen LogP contribution in [0, 0.1) is 11.8 Å². The van der Waals surface area contributed by atoms with E-state index in [0.717, 1.165) is 52.5 Å². The van der Waals surface area contributed by atoms with Crippen molar-refractivity contribution in [1.29, 1.82) is 0 Å². The van der Waals surface area contributed by atoms with E-state index in [1.807, 2.05) is 19.9 Å². The lowest BCUT2D eigenvalue weighted by Gasteiger charge is -2.30. The van der Waals surface area contributed by atoms with Gasteiger partial charge in [0.1, 0.15) is 5.75 Å². The summed E-state index contributed by atoms with van der Waals surface area (Å²) in [6.07, 6.45) is 7.80. The lowest BCUT2D eigenvalue weighted by atomic mass is 9.75. The predicted octanol–water partition coefficient (Wildman–Crippen LogP) is 5.41. The number of aromatic hydroxyl groups is 1. The maximum Gasteiger partial charge on any atom is 0.161 e. The Morgan fingerprint density at radius 3 is 2.21 bits per heavy atom. The van der Waals surface area contributed by atoms with Crippen molar-refractivity contribution in [3.8, 4) is 17.2 Å². The monoisotopic (exact) mass is 377 g/mol. The average Bonchev–Trinajstić information content (AvgIpc) is 3.15. The molecule has 1 saturated carbocycles. The van der Waals surface area contributed by atoms with E-state index in [2.05, 4.69) is 17.1 Å². The Labute approximate surface area is 165 Å². The van der Waals surface area contributed by atoms with E-state index >= 15 is 0 Å². The first-order chi connectivity index (χ1) is 13.7. The first-order valence-electron chi connectivity index (χ1n) is 10.5. The van der Waals surface area contributed by atoms with Crippen LogP contribution in [-0.4, -0.2) is 23.3 Å². The lowest BCUT2D eigenvalue weighted by Crippen LogP contribution is -2.21. The van der Waals surface area contributed by atoms with Crippen LogP contribution in [0.15, 0.2) is 24.4 Å². The fourth-order valence-electron chi connectivity index (χ4n) is 5.40. The van der Waals surface area contributed by atoms with Gasteiger partial charge in [0.25, 0.3) is 0 Å².